The van der Waals surface area contributed by atoms with Crippen molar-refractivity contribution in [1.29, 1.82) is 0 Å². The monoisotopic (exact) mass is 670 g/mol. The number of ketones is 1. The van der Waals surface area contributed by atoms with Crippen molar-refractivity contribution < 1.29 is 32.3 Å². The van der Waals surface area contributed by atoms with Crippen molar-refractivity contribution in [2.45, 2.75) is 13.0 Å². The molecular formula is C37H30F4N4O4. The first kappa shape index (κ1) is 33.0. The van der Waals surface area contributed by atoms with Crippen molar-refractivity contribution in [1.82, 2.24) is 14.0 Å². The molecule has 0 bridgehead atoms. The Labute approximate surface area is 278 Å². The lowest BCUT2D eigenvalue weighted by Crippen LogP contribution is -2.50. The zero-order chi connectivity index (χ0) is 34.7. The number of amides is 1. The first-order valence-corrected chi connectivity index (χ1v) is 15.4. The van der Waals surface area contributed by atoms with Gasteiger partial charge in [-0.25, -0.2) is 17.6 Å². The Balaban J connectivity index is 1.20. The van der Waals surface area contributed by atoms with E-state index in [2.05, 4.69) is 4.90 Å². The number of nitrogens with zero attached hydrogens (tertiary/aromatic N) is 4. The lowest BCUT2D eigenvalue weighted by atomic mass is 10.0. The number of aliphatic hydroxyl groups excluding tert-OH is 1. The van der Waals surface area contributed by atoms with E-state index in [1.165, 1.54) is 29.3 Å². The van der Waals surface area contributed by atoms with Crippen LogP contribution in [0.4, 0.5) is 23.2 Å². The highest BCUT2D eigenvalue weighted by Gasteiger charge is 2.26. The van der Waals surface area contributed by atoms with Crippen LogP contribution in [0.3, 0.4) is 0 Å². The van der Waals surface area contributed by atoms with Crippen LogP contribution in [0.1, 0.15) is 22.3 Å². The summed E-state index contributed by atoms with van der Waals surface area (Å²) in [5.74, 6) is -6.76. The van der Waals surface area contributed by atoms with Crippen LogP contribution in [-0.2, 0) is 22.6 Å². The van der Waals surface area contributed by atoms with Crippen molar-refractivity contribution in [3.63, 3.8) is 0 Å². The molecule has 2 aromatic heterocycles. The highest BCUT2D eigenvalue weighted by atomic mass is 19.1. The van der Waals surface area contributed by atoms with Gasteiger partial charge >= 0.3 is 0 Å². The van der Waals surface area contributed by atoms with Crippen molar-refractivity contribution >= 4 is 23.1 Å². The van der Waals surface area contributed by atoms with Gasteiger partial charge in [-0.2, -0.15) is 0 Å². The van der Waals surface area contributed by atoms with Gasteiger partial charge in [0, 0.05) is 86.3 Å². The van der Waals surface area contributed by atoms with E-state index < -0.39 is 63.8 Å². The molecule has 12 heteroatoms. The number of aromatic nitrogens is 2. The number of aliphatic hydroxyl groups is 1. The molecule has 1 amide bonds. The first-order chi connectivity index (χ1) is 23.5. The lowest BCUT2D eigenvalue weighted by molar-refractivity contribution is -0.142. The van der Waals surface area contributed by atoms with Crippen LogP contribution < -0.4 is 10.5 Å². The molecule has 1 aliphatic heterocycles. The van der Waals surface area contributed by atoms with Gasteiger partial charge in [-0.15, -0.1) is 0 Å². The quantitative estimate of drug-likeness (QED) is 0.0949. The molecular weight excluding hydrogens is 640 g/mol. The van der Waals surface area contributed by atoms with Gasteiger partial charge in [0.15, 0.2) is 0 Å². The second kappa shape index (κ2) is 14.1. The number of hydrogen-bond acceptors (Lipinski definition) is 5. The first-order valence-electron chi connectivity index (χ1n) is 15.4. The molecule has 49 heavy (non-hydrogen) atoms. The predicted octanol–water partition coefficient (Wildman–Crippen LogP) is 5.65. The van der Waals surface area contributed by atoms with Gasteiger partial charge in [-0.1, -0.05) is 12.1 Å². The molecule has 0 atom stereocenters. The minimum absolute atomic E-state index is 0.117. The van der Waals surface area contributed by atoms with Gasteiger partial charge in [0.25, 0.3) is 11.5 Å². The fraction of sp³-hybridized carbons (Fsp3) is 0.162. The van der Waals surface area contributed by atoms with E-state index in [-0.39, 0.29) is 25.2 Å². The summed E-state index contributed by atoms with van der Waals surface area (Å²) in [7, 11) is 0. The molecule has 6 rings (SSSR count). The molecule has 1 fully saturated rings. The molecule has 0 spiro atoms. The second-order valence-corrected chi connectivity index (χ2v) is 11.6. The van der Waals surface area contributed by atoms with Crippen molar-refractivity contribution in [3.05, 3.63) is 159 Å². The maximum Gasteiger partial charge on any atom is 0.294 e. The summed E-state index contributed by atoms with van der Waals surface area (Å²) in [6.07, 6.45) is 5.35. The number of halogens is 4. The molecule has 3 heterocycles. The molecule has 0 aliphatic carbocycles. The topological polar surface area (TPSA) is 87.8 Å². The molecule has 1 saturated heterocycles. The van der Waals surface area contributed by atoms with Crippen molar-refractivity contribution in [3.8, 4) is 5.69 Å². The summed E-state index contributed by atoms with van der Waals surface area (Å²) >= 11 is 0. The standard InChI is InChI=1S/C37H30F4N4O4/c38-26-5-3-4-24(16-26)22-45-23-25(17-30-32(40)19-27(39)20-33(30)41)18-31(36(45)48)34(46)21-35(47)37(49)44-14-12-43(13-15-44)29-8-6-28(7-9-29)42-10-1-2-11-42/h1-11,16,18-21,23,46H,12-15,17,22H2. The van der Waals surface area contributed by atoms with Gasteiger partial charge in [0.1, 0.15) is 29.0 Å². The molecule has 5 aromatic rings. The van der Waals surface area contributed by atoms with Crippen LogP contribution in [0.5, 0.6) is 0 Å². The number of benzene rings is 3. The molecule has 3 aromatic carbocycles. The smallest absolute Gasteiger partial charge is 0.294 e. The van der Waals surface area contributed by atoms with E-state index in [1.54, 1.807) is 6.07 Å². The highest BCUT2D eigenvalue weighted by Crippen LogP contribution is 2.22. The Bertz CT molecular complexity index is 2080. The summed E-state index contributed by atoms with van der Waals surface area (Å²) in [4.78, 5) is 43.0. The number of anilines is 1. The van der Waals surface area contributed by atoms with E-state index in [0.29, 0.717) is 36.9 Å². The van der Waals surface area contributed by atoms with Crippen LogP contribution in [0, 0.1) is 23.3 Å². The van der Waals surface area contributed by atoms with E-state index in [4.69, 9.17) is 0 Å². The molecule has 0 unspecified atom stereocenters. The highest BCUT2D eigenvalue weighted by molar-refractivity contribution is 6.41. The zero-order valence-electron chi connectivity index (χ0n) is 26.0. The Morgan fingerprint density at radius 3 is 2.06 bits per heavy atom. The largest absolute Gasteiger partial charge is 0.507 e. The molecule has 0 saturated carbocycles. The summed E-state index contributed by atoms with van der Waals surface area (Å²) in [5, 5.41) is 11.0. The molecule has 250 valence electrons. The van der Waals surface area contributed by atoms with E-state index in [9.17, 15) is 37.1 Å². The average molecular weight is 671 g/mol. The number of piperazine rings is 1. The van der Waals surface area contributed by atoms with Gasteiger partial charge in [-0.05, 0) is 65.7 Å². The summed E-state index contributed by atoms with van der Waals surface area (Å²) < 4.78 is 59.5. The maximum absolute atomic E-state index is 14.5. The van der Waals surface area contributed by atoms with E-state index in [0.717, 1.165) is 22.0 Å². The molecule has 1 N–H and O–H groups in total. The minimum Gasteiger partial charge on any atom is -0.507 e. The third kappa shape index (κ3) is 7.48. The molecule has 8 nitrogen and oxygen atoms in total. The fourth-order valence-corrected chi connectivity index (χ4v) is 5.80. The van der Waals surface area contributed by atoms with Crippen molar-refractivity contribution in [2.24, 2.45) is 0 Å². The SMILES string of the molecule is O=C(C=C(O)c1cc(Cc2c(F)cc(F)cc2F)cn(Cc2cccc(F)c2)c1=O)C(=O)N1CCN(c2ccc(-n3cccc3)cc2)CC1. The zero-order valence-corrected chi connectivity index (χ0v) is 26.0. The molecule has 0 radical (unpaired) electrons. The Morgan fingerprint density at radius 2 is 1.41 bits per heavy atom. The number of rotatable bonds is 9. The third-order valence-electron chi connectivity index (χ3n) is 8.31. The van der Waals surface area contributed by atoms with Gasteiger partial charge in [0.05, 0.1) is 12.1 Å². The number of hydrogen-bond donors (Lipinski definition) is 1. The fourth-order valence-electron chi connectivity index (χ4n) is 5.80. The number of carbonyl (C=O) groups is 2. The van der Waals surface area contributed by atoms with Gasteiger partial charge in [-0.3, -0.25) is 14.4 Å². The summed E-state index contributed by atoms with van der Waals surface area (Å²) in [6, 6.07) is 19.4. The third-order valence-corrected chi connectivity index (χ3v) is 8.31. The van der Waals surface area contributed by atoms with E-state index in [1.807, 2.05) is 53.4 Å². The lowest BCUT2D eigenvalue weighted by Gasteiger charge is -2.35. The average Bonchev–Trinajstić information content (AvgIpc) is 3.63. The number of carbonyl (C=O) groups excluding carboxylic acids is 2. The normalized spacial score (nSPS) is 13.5. The Hall–Kier alpha value is -5.91. The number of pyridine rings is 1. The van der Waals surface area contributed by atoms with Crippen LogP contribution in [0.15, 0.2) is 108 Å². The molecule has 1 aliphatic rings. The van der Waals surface area contributed by atoms with Crippen LogP contribution in [0.2, 0.25) is 0 Å². The maximum atomic E-state index is 14.5. The van der Waals surface area contributed by atoms with Crippen molar-refractivity contribution in [2.75, 3.05) is 31.1 Å². The summed E-state index contributed by atoms with van der Waals surface area (Å²) in [5.41, 5.74) is 0.725. The van der Waals surface area contributed by atoms with Crippen LogP contribution in [0.25, 0.3) is 11.4 Å². The Morgan fingerprint density at radius 1 is 0.755 bits per heavy atom. The minimum atomic E-state index is -1.16. The van der Waals surface area contributed by atoms with Crippen LogP contribution >= 0.6 is 0 Å². The predicted molar refractivity (Wildman–Crippen MR) is 176 cm³/mol. The van der Waals surface area contributed by atoms with Crippen LogP contribution in [-0.4, -0.2) is 57.0 Å². The summed E-state index contributed by atoms with van der Waals surface area (Å²) in [6.45, 7) is 1.21. The van der Waals surface area contributed by atoms with E-state index >= 15 is 0 Å². The van der Waals surface area contributed by atoms with Gasteiger partial charge < -0.3 is 24.0 Å². The second-order valence-electron chi connectivity index (χ2n) is 11.6. The van der Waals surface area contributed by atoms with Gasteiger partial charge in [0.2, 0.25) is 5.78 Å². The Kier molecular flexibility index (Phi) is 9.47.